The third-order valence-corrected chi connectivity index (χ3v) is 4.06. The molecule has 0 atom stereocenters. The van der Waals surface area contributed by atoms with Gasteiger partial charge in [-0.3, -0.25) is 4.79 Å². The van der Waals surface area contributed by atoms with Crippen LogP contribution in [-0.2, 0) is 0 Å². The molecular weight excluding hydrogens is 238 g/mol. The van der Waals surface area contributed by atoms with Gasteiger partial charge in [-0.15, -0.1) is 0 Å². The van der Waals surface area contributed by atoms with E-state index in [1.807, 2.05) is 0 Å². The van der Waals surface area contributed by atoms with Gasteiger partial charge in [-0.25, -0.2) is 4.98 Å². The van der Waals surface area contributed by atoms with Gasteiger partial charge in [0, 0.05) is 26.2 Å². The van der Waals surface area contributed by atoms with Crippen molar-refractivity contribution >= 4 is 26.8 Å². The quantitative estimate of drug-likeness (QED) is 0.780. The topological polar surface area (TPSA) is 65.1 Å². The predicted molar refractivity (Wildman–Crippen MR) is 67.7 cm³/mol. The Morgan fingerprint density at radius 1 is 1.35 bits per heavy atom. The van der Waals surface area contributed by atoms with Crippen LogP contribution in [0.15, 0.2) is 11.1 Å². The van der Waals surface area contributed by atoms with Gasteiger partial charge in [-0.05, 0) is 7.05 Å². The Morgan fingerprint density at radius 3 is 2.82 bits per heavy atom. The van der Waals surface area contributed by atoms with Crippen LogP contribution in [0.1, 0.15) is 0 Å². The Kier molecular flexibility index (Phi) is 2.56. The number of likely N-dealkylation sites (N-methyl/N-ethyl adjacent to an activating group) is 1. The lowest BCUT2D eigenvalue weighted by atomic mass is 10.3. The summed E-state index contributed by atoms with van der Waals surface area (Å²) in [6.07, 6.45) is 1.40. The molecule has 17 heavy (non-hydrogen) atoms. The number of nitrogens with zero attached hydrogens (tertiary/aromatic N) is 4. The lowest BCUT2D eigenvalue weighted by Gasteiger charge is -2.31. The molecule has 2 aromatic rings. The molecule has 0 aliphatic carbocycles. The second kappa shape index (κ2) is 4.08. The number of aromatic amines is 1. The Balaban J connectivity index is 1.96. The summed E-state index contributed by atoms with van der Waals surface area (Å²) in [6.45, 7) is 3.96. The molecule has 1 aliphatic heterocycles. The average Bonchev–Trinajstić information content (AvgIpc) is 2.75. The van der Waals surface area contributed by atoms with Crippen molar-refractivity contribution in [1.82, 2.24) is 19.9 Å². The van der Waals surface area contributed by atoms with Gasteiger partial charge in [0.1, 0.15) is 4.70 Å². The van der Waals surface area contributed by atoms with Crippen molar-refractivity contribution in [3.63, 3.8) is 0 Å². The van der Waals surface area contributed by atoms with E-state index in [4.69, 9.17) is 0 Å². The van der Waals surface area contributed by atoms with Gasteiger partial charge in [0.2, 0.25) is 0 Å². The van der Waals surface area contributed by atoms with E-state index in [1.165, 1.54) is 17.7 Å². The lowest BCUT2D eigenvalue weighted by Crippen LogP contribution is -2.44. The number of fused-ring (bicyclic) bond motifs is 1. The van der Waals surface area contributed by atoms with Crippen molar-refractivity contribution in [2.24, 2.45) is 0 Å². The number of thiazole rings is 1. The van der Waals surface area contributed by atoms with E-state index in [2.05, 4.69) is 31.8 Å². The van der Waals surface area contributed by atoms with Gasteiger partial charge in [0.05, 0.1) is 6.33 Å². The molecular formula is C10H13N5OS. The summed E-state index contributed by atoms with van der Waals surface area (Å²) in [4.78, 5) is 27.1. The van der Waals surface area contributed by atoms with E-state index in [0.717, 1.165) is 31.3 Å². The number of rotatable bonds is 1. The van der Waals surface area contributed by atoms with E-state index in [0.29, 0.717) is 10.3 Å². The van der Waals surface area contributed by atoms with Crippen LogP contribution in [0.25, 0.3) is 10.3 Å². The van der Waals surface area contributed by atoms with Crippen molar-refractivity contribution in [2.75, 3.05) is 38.1 Å². The maximum absolute atomic E-state index is 11.6. The molecule has 0 bridgehead atoms. The molecule has 1 fully saturated rings. The summed E-state index contributed by atoms with van der Waals surface area (Å²) < 4.78 is 0.612. The van der Waals surface area contributed by atoms with Crippen LogP contribution in [0.2, 0.25) is 0 Å². The Labute approximate surface area is 102 Å². The zero-order valence-electron chi connectivity index (χ0n) is 9.51. The maximum Gasteiger partial charge on any atom is 0.270 e. The fraction of sp³-hybridized carbons (Fsp3) is 0.500. The van der Waals surface area contributed by atoms with Gasteiger partial charge < -0.3 is 14.8 Å². The average molecular weight is 251 g/mol. The summed E-state index contributed by atoms with van der Waals surface area (Å²) in [6, 6.07) is 0. The molecule has 0 radical (unpaired) electrons. The van der Waals surface area contributed by atoms with E-state index in [9.17, 15) is 4.79 Å². The van der Waals surface area contributed by atoms with Crippen molar-refractivity contribution in [2.45, 2.75) is 0 Å². The van der Waals surface area contributed by atoms with Crippen LogP contribution in [-0.4, -0.2) is 53.1 Å². The monoisotopic (exact) mass is 251 g/mol. The SMILES string of the molecule is CN1CCN(c2nc3nc[nH]c(=O)c3s2)CC1. The number of aromatic nitrogens is 3. The number of hydrogen-bond donors (Lipinski definition) is 1. The molecule has 0 saturated carbocycles. The van der Waals surface area contributed by atoms with Crippen molar-refractivity contribution in [3.05, 3.63) is 16.7 Å². The summed E-state index contributed by atoms with van der Waals surface area (Å²) >= 11 is 1.42. The first-order chi connectivity index (χ1) is 8.24. The molecule has 1 saturated heterocycles. The molecule has 1 N–H and O–H groups in total. The maximum atomic E-state index is 11.6. The lowest BCUT2D eigenvalue weighted by molar-refractivity contribution is 0.313. The Hall–Kier alpha value is -1.47. The number of nitrogens with one attached hydrogen (secondary N) is 1. The molecule has 3 rings (SSSR count). The molecule has 2 aromatic heterocycles. The highest BCUT2D eigenvalue weighted by atomic mass is 32.1. The van der Waals surface area contributed by atoms with Gasteiger partial charge in [-0.1, -0.05) is 11.3 Å². The van der Waals surface area contributed by atoms with E-state index < -0.39 is 0 Å². The first kappa shape index (κ1) is 10.7. The summed E-state index contributed by atoms with van der Waals surface area (Å²) in [7, 11) is 2.11. The Bertz CT molecular complexity index is 584. The fourth-order valence-corrected chi connectivity index (χ4v) is 2.85. The first-order valence-electron chi connectivity index (χ1n) is 5.52. The minimum atomic E-state index is -0.104. The predicted octanol–water partition coefficient (Wildman–Crippen LogP) is 0.131. The standard InChI is InChI=1S/C10H13N5OS/c1-14-2-4-15(5-3-14)10-13-8-7(17-10)9(16)12-6-11-8/h6H,2-5H2,1H3,(H,11,12,16). The second-order valence-electron chi connectivity index (χ2n) is 4.17. The van der Waals surface area contributed by atoms with Crippen LogP contribution < -0.4 is 10.5 Å². The minimum Gasteiger partial charge on any atom is -0.345 e. The van der Waals surface area contributed by atoms with Gasteiger partial charge >= 0.3 is 0 Å². The number of H-pyrrole nitrogens is 1. The highest BCUT2D eigenvalue weighted by molar-refractivity contribution is 7.22. The van der Waals surface area contributed by atoms with Crippen LogP contribution in [0.4, 0.5) is 5.13 Å². The molecule has 6 nitrogen and oxygen atoms in total. The van der Waals surface area contributed by atoms with E-state index >= 15 is 0 Å². The second-order valence-corrected chi connectivity index (χ2v) is 5.15. The third kappa shape index (κ3) is 1.91. The van der Waals surface area contributed by atoms with Gasteiger partial charge in [0.15, 0.2) is 10.8 Å². The van der Waals surface area contributed by atoms with Crippen LogP contribution in [0, 0.1) is 0 Å². The third-order valence-electron chi connectivity index (χ3n) is 2.96. The number of piperazine rings is 1. The van der Waals surface area contributed by atoms with Crippen molar-refractivity contribution < 1.29 is 0 Å². The molecule has 0 aromatic carbocycles. The normalized spacial score (nSPS) is 17.8. The number of anilines is 1. The van der Waals surface area contributed by atoms with Crippen molar-refractivity contribution in [1.29, 1.82) is 0 Å². The highest BCUT2D eigenvalue weighted by Crippen LogP contribution is 2.25. The molecule has 0 amide bonds. The zero-order valence-corrected chi connectivity index (χ0v) is 10.3. The first-order valence-corrected chi connectivity index (χ1v) is 6.33. The molecule has 0 spiro atoms. The van der Waals surface area contributed by atoms with Crippen LogP contribution in [0.3, 0.4) is 0 Å². The molecule has 0 unspecified atom stereocenters. The summed E-state index contributed by atoms with van der Waals surface area (Å²) in [5.41, 5.74) is 0.445. The Morgan fingerprint density at radius 2 is 2.12 bits per heavy atom. The fourth-order valence-electron chi connectivity index (χ4n) is 1.89. The van der Waals surface area contributed by atoms with Gasteiger partial charge in [0.25, 0.3) is 5.56 Å². The zero-order chi connectivity index (χ0) is 11.8. The smallest absolute Gasteiger partial charge is 0.270 e. The molecule has 7 heteroatoms. The van der Waals surface area contributed by atoms with Crippen LogP contribution in [0.5, 0.6) is 0 Å². The minimum absolute atomic E-state index is 0.104. The molecule has 90 valence electrons. The van der Waals surface area contributed by atoms with Crippen LogP contribution >= 0.6 is 11.3 Å². The molecule has 3 heterocycles. The summed E-state index contributed by atoms with van der Waals surface area (Å²) in [5.74, 6) is 0. The summed E-state index contributed by atoms with van der Waals surface area (Å²) in [5, 5.41) is 0.900. The van der Waals surface area contributed by atoms with E-state index in [1.54, 1.807) is 0 Å². The van der Waals surface area contributed by atoms with E-state index in [-0.39, 0.29) is 5.56 Å². The largest absolute Gasteiger partial charge is 0.345 e. The van der Waals surface area contributed by atoms with Crippen molar-refractivity contribution in [3.8, 4) is 0 Å². The highest BCUT2D eigenvalue weighted by Gasteiger charge is 2.18. The number of hydrogen-bond acceptors (Lipinski definition) is 6. The molecule has 1 aliphatic rings. The van der Waals surface area contributed by atoms with Gasteiger partial charge in [-0.2, -0.15) is 4.98 Å².